The standard InChI is InChI=1S/C7H3Cl6N/c1-2-3(8)4(9)5(10)6(14-2)7(11,12)13/h1H3. The van der Waals surface area contributed by atoms with E-state index in [9.17, 15) is 0 Å². The zero-order valence-electron chi connectivity index (χ0n) is 6.72. The molecule has 0 bridgehead atoms. The van der Waals surface area contributed by atoms with Gasteiger partial charge in [-0.05, 0) is 6.92 Å². The maximum absolute atomic E-state index is 5.82. The fourth-order valence-electron chi connectivity index (χ4n) is 0.813. The monoisotopic (exact) mass is 311 g/mol. The number of aryl methyl sites for hydroxylation is 1. The highest BCUT2D eigenvalue weighted by atomic mass is 35.6. The number of alkyl halides is 3. The average molecular weight is 314 g/mol. The minimum absolute atomic E-state index is 0.0577. The first kappa shape index (κ1) is 13.0. The molecule has 0 saturated carbocycles. The fourth-order valence-corrected chi connectivity index (χ4v) is 2.06. The largest absolute Gasteiger partial charge is 0.250 e. The molecule has 0 fully saturated rings. The van der Waals surface area contributed by atoms with Crippen molar-refractivity contribution >= 4 is 69.6 Å². The Labute approximate surface area is 111 Å². The van der Waals surface area contributed by atoms with E-state index in [2.05, 4.69) is 4.98 Å². The Morgan fingerprint density at radius 1 is 0.929 bits per heavy atom. The van der Waals surface area contributed by atoms with E-state index in [-0.39, 0.29) is 20.8 Å². The average Bonchev–Trinajstić information content (AvgIpc) is 2.06. The smallest absolute Gasteiger partial charge is 0.234 e. The van der Waals surface area contributed by atoms with Gasteiger partial charge in [0, 0.05) is 0 Å². The van der Waals surface area contributed by atoms with Crippen LogP contribution < -0.4 is 0 Å². The second-order valence-corrected chi connectivity index (χ2v) is 5.90. The number of hydrogen-bond donors (Lipinski definition) is 0. The molecule has 0 amide bonds. The summed E-state index contributed by atoms with van der Waals surface area (Å²) >= 11 is 34.4. The van der Waals surface area contributed by atoms with Crippen LogP contribution in [0.2, 0.25) is 15.1 Å². The van der Waals surface area contributed by atoms with Crippen molar-refractivity contribution in [3.8, 4) is 0 Å². The van der Waals surface area contributed by atoms with Crippen LogP contribution in [0.3, 0.4) is 0 Å². The quantitative estimate of drug-likeness (QED) is 0.602. The van der Waals surface area contributed by atoms with Gasteiger partial charge >= 0.3 is 0 Å². The topological polar surface area (TPSA) is 12.9 Å². The Balaban J connectivity index is 3.49. The van der Waals surface area contributed by atoms with Gasteiger partial charge in [-0.3, -0.25) is 4.98 Å². The van der Waals surface area contributed by atoms with E-state index >= 15 is 0 Å². The maximum Gasteiger partial charge on any atom is 0.234 e. The molecule has 1 nitrogen and oxygen atoms in total. The zero-order chi connectivity index (χ0) is 11.1. The molecular weight excluding hydrogens is 311 g/mol. The molecule has 0 unspecified atom stereocenters. The molecule has 0 aromatic carbocycles. The van der Waals surface area contributed by atoms with Crippen LogP contribution in [0, 0.1) is 6.92 Å². The summed E-state index contributed by atoms with van der Waals surface area (Å²) in [5.74, 6) is 0. The molecule has 1 rings (SSSR count). The van der Waals surface area contributed by atoms with Crippen molar-refractivity contribution in [2.24, 2.45) is 0 Å². The fraction of sp³-hybridized carbons (Fsp3) is 0.286. The molecule has 1 heterocycles. The summed E-state index contributed by atoms with van der Waals surface area (Å²) in [6.07, 6.45) is 0. The van der Waals surface area contributed by atoms with Crippen molar-refractivity contribution in [3.63, 3.8) is 0 Å². The van der Waals surface area contributed by atoms with Gasteiger partial charge in [0.25, 0.3) is 0 Å². The lowest BCUT2D eigenvalue weighted by atomic mass is 10.3. The van der Waals surface area contributed by atoms with Gasteiger partial charge in [0.2, 0.25) is 3.79 Å². The number of halogens is 6. The molecule has 0 spiro atoms. The Hall–Kier alpha value is 0.890. The van der Waals surface area contributed by atoms with Crippen molar-refractivity contribution < 1.29 is 0 Å². The second kappa shape index (κ2) is 4.40. The number of rotatable bonds is 0. The van der Waals surface area contributed by atoms with E-state index in [0.29, 0.717) is 5.69 Å². The molecule has 0 radical (unpaired) electrons. The van der Waals surface area contributed by atoms with Gasteiger partial charge in [0.15, 0.2) is 0 Å². The molecule has 14 heavy (non-hydrogen) atoms. The summed E-state index contributed by atoms with van der Waals surface area (Å²) in [5, 5.41) is 0.457. The zero-order valence-corrected chi connectivity index (χ0v) is 11.3. The first-order valence-electron chi connectivity index (χ1n) is 3.33. The molecule has 0 aliphatic carbocycles. The van der Waals surface area contributed by atoms with Crippen molar-refractivity contribution in [1.82, 2.24) is 4.98 Å². The Kier molecular flexibility index (Phi) is 4.08. The molecule has 7 heteroatoms. The Bertz CT molecular complexity index is 369. The van der Waals surface area contributed by atoms with Crippen molar-refractivity contribution in [3.05, 3.63) is 26.5 Å². The van der Waals surface area contributed by atoms with Gasteiger partial charge < -0.3 is 0 Å². The van der Waals surface area contributed by atoms with Crippen LogP contribution >= 0.6 is 69.6 Å². The lowest BCUT2D eigenvalue weighted by Gasteiger charge is -2.14. The van der Waals surface area contributed by atoms with Crippen molar-refractivity contribution in [1.29, 1.82) is 0 Å². The van der Waals surface area contributed by atoms with E-state index in [0.717, 1.165) is 0 Å². The molecule has 78 valence electrons. The lowest BCUT2D eigenvalue weighted by Crippen LogP contribution is -2.06. The van der Waals surface area contributed by atoms with Crippen LogP contribution in [0.1, 0.15) is 11.4 Å². The van der Waals surface area contributed by atoms with Gasteiger partial charge in [-0.1, -0.05) is 69.6 Å². The molecule has 0 N–H and O–H groups in total. The van der Waals surface area contributed by atoms with E-state index in [1.54, 1.807) is 6.92 Å². The number of nitrogens with zero attached hydrogens (tertiary/aromatic N) is 1. The first-order chi connectivity index (χ1) is 6.25. The van der Waals surface area contributed by atoms with Gasteiger partial charge in [0.05, 0.1) is 20.8 Å². The van der Waals surface area contributed by atoms with Gasteiger partial charge in [-0.2, -0.15) is 0 Å². The van der Waals surface area contributed by atoms with E-state index < -0.39 is 3.79 Å². The van der Waals surface area contributed by atoms with Gasteiger partial charge in [-0.25, -0.2) is 0 Å². The van der Waals surface area contributed by atoms with Gasteiger partial charge in [0.1, 0.15) is 5.69 Å². The number of hydrogen-bond acceptors (Lipinski definition) is 1. The number of aromatic nitrogens is 1. The summed E-state index contributed by atoms with van der Waals surface area (Å²) in [6.45, 7) is 1.64. The second-order valence-electron chi connectivity index (χ2n) is 2.49. The predicted octanol–water partition coefficient (Wildman–Crippen LogP) is 5.18. The SMILES string of the molecule is Cc1nc(C(Cl)(Cl)Cl)c(Cl)c(Cl)c1Cl. The van der Waals surface area contributed by atoms with Crippen molar-refractivity contribution in [2.75, 3.05) is 0 Å². The Morgan fingerprint density at radius 2 is 1.43 bits per heavy atom. The van der Waals surface area contributed by atoms with E-state index in [1.165, 1.54) is 0 Å². The molecule has 1 aromatic rings. The van der Waals surface area contributed by atoms with Crippen LogP contribution in [-0.4, -0.2) is 4.98 Å². The van der Waals surface area contributed by atoms with Crippen LogP contribution in [0.5, 0.6) is 0 Å². The minimum Gasteiger partial charge on any atom is -0.250 e. The highest BCUT2D eigenvalue weighted by Crippen LogP contribution is 2.44. The lowest BCUT2D eigenvalue weighted by molar-refractivity contribution is 1.04. The third-order valence-electron chi connectivity index (χ3n) is 1.46. The van der Waals surface area contributed by atoms with Crippen LogP contribution in [0.25, 0.3) is 0 Å². The molecule has 0 aliphatic rings. The molecule has 1 aromatic heterocycles. The molecular formula is C7H3Cl6N. The molecule has 0 aliphatic heterocycles. The summed E-state index contributed by atoms with van der Waals surface area (Å²) in [7, 11) is 0. The molecule has 0 saturated heterocycles. The third-order valence-corrected chi connectivity index (χ3v) is 3.40. The summed E-state index contributed by atoms with van der Waals surface area (Å²) in [4.78, 5) is 3.96. The summed E-state index contributed by atoms with van der Waals surface area (Å²) in [5.41, 5.74) is 0.540. The highest BCUT2D eigenvalue weighted by Gasteiger charge is 2.30. The minimum atomic E-state index is -1.71. The number of pyridine rings is 1. The van der Waals surface area contributed by atoms with Crippen LogP contribution in [0.4, 0.5) is 0 Å². The van der Waals surface area contributed by atoms with Gasteiger partial charge in [-0.15, -0.1) is 0 Å². The maximum atomic E-state index is 5.82. The van der Waals surface area contributed by atoms with E-state index in [1.807, 2.05) is 0 Å². The highest BCUT2D eigenvalue weighted by molar-refractivity contribution is 6.67. The van der Waals surface area contributed by atoms with E-state index in [4.69, 9.17) is 69.6 Å². The van der Waals surface area contributed by atoms with Crippen molar-refractivity contribution in [2.45, 2.75) is 10.7 Å². The summed E-state index contributed by atoms with van der Waals surface area (Å²) < 4.78 is -1.71. The Morgan fingerprint density at radius 3 is 1.86 bits per heavy atom. The van der Waals surface area contributed by atoms with Crippen LogP contribution in [0.15, 0.2) is 0 Å². The first-order valence-corrected chi connectivity index (χ1v) is 5.60. The van der Waals surface area contributed by atoms with Crippen LogP contribution in [-0.2, 0) is 3.79 Å². The third kappa shape index (κ3) is 2.52. The predicted molar refractivity (Wildman–Crippen MR) is 63.2 cm³/mol. The normalized spacial score (nSPS) is 11.9. The molecule has 0 atom stereocenters. The summed E-state index contributed by atoms with van der Waals surface area (Å²) in [6, 6.07) is 0.